The Morgan fingerprint density at radius 1 is 1.57 bits per heavy atom. The van der Waals surface area contributed by atoms with Crippen LogP contribution < -0.4 is 0 Å². The fraction of sp³-hybridized carbons (Fsp3) is 0.500. The fourth-order valence-corrected chi connectivity index (χ4v) is 1.67. The molecule has 3 atom stereocenters. The number of ether oxygens (including phenoxy) is 1. The van der Waals surface area contributed by atoms with Gasteiger partial charge in [0.25, 0.3) is 0 Å². The minimum absolute atomic E-state index is 0.141. The molecule has 0 spiro atoms. The van der Waals surface area contributed by atoms with Crippen LogP contribution in [0, 0.1) is 0 Å². The third-order valence-corrected chi connectivity index (χ3v) is 2.46. The van der Waals surface area contributed by atoms with Gasteiger partial charge in [0.15, 0.2) is 0 Å². The van der Waals surface area contributed by atoms with Gasteiger partial charge in [-0.1, -0.05) is 6.07 Å². The summed E-state index contributed by atoms with van der Waals surface area (Å²) in [5.74, 6) is 0. The molecule has 76 valence electrons. The molecule has 1 aliphatic rings. The molecular formula is C10H13NO3. The number of hydrogen-bond donors (Lipinski definition) is 2. The second-order valence-corrected chi connectivity index (χ2v) is 3.44. The van der Waals surface area contributed by atoms with E-state index >= 15 is 0 Å². The van der Waals surface area contributed by atoms with Crippen molar-refractivity contribution >= 4 is 0 Å². The molecule has 1 unspecified atom stereocenters. The van der Waals surface area contributed by atoms with Gasteiger partial charge in [0.05, 0.1) is 18.8 Å². The second-order valence-electron chi connectivity index (χ2n) is 3.44. The summed E-state index contributed by atoms with van der Waals surface area (Å²) in [6.45, 7) is -0.141. The molecule has 0 radical (unpaired) electrons. The number of aromatic nitrogens is 1. The molecule has 0 bridgehead atoms. The van der Waals surface area contributed by atoms with Gasteiger partial charge in [-0.15, -0.1) is 0 Å². The van der Waals surface area contributed by atoms with E-state index in [9.17, 15) is 5.11 Å². The normalized spacial score (nSPS) is 32.0. The summed E-state index contributed by atoms with van der Waals surface area (Å²) >= 11 is 0. The minimum Gasteiger partial charge on any atom is -0.394 e. The lowest BCUT2D eigenvalue weighted by molar-refractivity contribution is -0.0226. The zero-order chi connectivity index (χ0) is 9.97. The van der Waals surface area contributed by atoms with Crippen molar-refractivity contribution < 1.29 is 14.9 Å². The standard InChI is InChI=1S/C10H13NO3/c12-6-10-8(13)4-9(14-10)7-2-1-3-11-5-7/h1-3,5,8-10,12-13H,4,6H2/t8-,9?,10+/m0/s1. The lowest BCUT2D eigenvalue weighted by Gasteiger charge is -2.11. The van der Waals surface area contributed by atoms with Crippen LogP contribution in [0.25, 0.3) is 0 Å². The van der Waals surface area contributed by atoms with Crippen molar-refractivity contribution in [2.45, 2.75) is 24.7 Å². The average Bonchev–Trinajstić information content (AvgIpc) is 2.61. The highest BCUT2D eigenvalue weighted by atomic mass is 16.5. The van der Waals surface area contributed by atoms with Gasteiger partial charge in [0.1, 0.15) is 6.10 Å². The maximum absolute atomic E-state index is 9.52. The zero-order valence-corrected chi connectivity index (χ0v) is 7.71. The van der Waals surface area contributed by atoms with Gasteiger partial charge in [-0.05, 0) is 11.6 Å². The molecule has 2 N–H and O–H groups in total. The van der Waals surface area contributed by atoms with Crippen molar-refractivity contribution in [3.63, 3.8) is 0 Å². The van der Waals surface area contributed by atoms with Gasteiger partial charge in [-0.2, -0.15) is 0 Å². The number of hydrogen-bond acceptors (Lipinski definition) is 4. The monoisotopic (exact) mass is 195 g/mol. The molecular weight excluding hydrogens is 182 g/mol. The van der Waals surface area contributed by atoms with Crippen LogP contribution in [0.5, 0.6) is 0 Å². The number of pyridine rings is 1. The predicted octanol–water partition coefficient (Wildman–Crippen LogP) is 0.265. The van der Waals surface area contributed by atoms with E-state index in [-0.39, 0.29) is 12.7 Å². The highest BCUT2D eigenvalue weighted by Crippen LogP contribution is 2.32. The van der Waals surface area contributed by atoms with Gasteiger partial charge < -0.3 is 14.9 Å². The summed E-state index contributed by atoms with van der Waals surface area (Å²) in [7, 11) is 0. The highest BCUT2D eigenvalue weighted by Gasteiger charge is 2.34. The number of aliphatic hydroxyl groups is 2. The lowest BCUT2D eigenvalue weighted by Crippen LogP contribution is -2.24. The minimum atomic E-state index is -0.579. The Balaban J connectivity index is 2.09. The summed E-state index contributed by atoms with van der Waals surface area (Å²) in [6.07, 6.45) is 2.76. The molecule has 1 fully saturated rings. The molecule has 14 heavy (non-hydrogen) atoms. The molecule has 2 heterocycles. The smallest absolute Gasteiger partial charge is 0.107 e. The molecule has 4 nitrogen and oxygen atoms in total. The number of nitrogens with zero attached hydrogens (tertiary/aromatic N) is 1. The third-order valence-electron chi connectivity index (χ3n) is 2.46. The zero-order valence-electron chi connectivity index (χ0n) is 7.71. The quantitative estimate of drug-likeness (QED) is 0.710. The number of rotatable bonds is 2. The van der Waals surface area contributed by atoms with E-state index in [1.165, 1.54) is 0 Å². The Morgan fingerprint density at radius 2 is 2.43 bits per heavy atom. The van der Waals surface area contributed by atoms with Gasteiger partial charge in [0, 0.05) is 18.8 Å². The van der Waals surface area contributed by atoms with Crippen LogP contribution in [0.2, 0.25) is 0 Å². The predicted molar refractivity (Wildman–Crippen MR) is 49.6 cm³/mol. The Kier molecular flexibility index (Phi) is 2.77. The first kappa shape index (κ1) is 9.58. The molecule has 0 saturated carbocycles. The largest absolute Gasteiger partial charge is 0.394 e. The summed E-state index contributed by atoms with van der Waals surface area (Å²) < 4.78 is 5.47. The first-order valence-corrected chi connectivity index (χ1v) is 4.65. The fourth-order valence-electron chi connectivity index (χ4n) is 1.67. The lowest BCUT2D eigenvalue weighted by atomic mass is 10.1. The summed E-state index contributed by atoms with van der Waals surface area (Å²) in [4.78, 5) is 3.98. The van der Waals surface area contributed by atoms with Crippen molar-refractivity contribution in [1.82, 2.24) is 4.98 Å². The summed E-state index contributed by atoms with van der Waals surface area (Å²) in [6, 6.07) is 3.74. The molecule has 0 amide bonds. The van der Waals surface area contributed by atoms with E-state index in [4.69, 9.17) is 9.84 Å². The first-order valence-electron chi connectivity index (χ1n) is 4.65. The van der Waals surface area contributed by atoms with E-state index in [1.54, 1.807) is 12.4 Å². The van der Waals surface area contributed by atoms with Crippen molar-refractivity contribution in [3.05, 3.63) is 30.1 Å². The average molecular weight is 195 g/mol. The summed E-state index contributed by atoms with van der Waals surface area (Å²) in [5.41, 5.74) is 0.947. The van der Waals surface area contributed by atoms with Gasteiger partial charge in [-0.25, -0.2) is 0 Å². The van der Waals surface area contributed by atoms with Crippen LogP contribution in [0.15, 0.2) is 24.5 Å². The topological polar surface area (TPSA) is 62.6 Å². The van der Waals surface area contributed by atoms with E-state index in [2.05, 4.69) is 4.98 Å². The van der Waals surface area contributed by atoms with Gasteiger partial charge in [0.2, 0.25) is 0 Å². The Labute approximate surface area is 82.2 Å². The van der Waals surface area contributed by atoms with Crippen LogP contribution in [0.3, 0.4) is 0 Å². The van der Waals surface area contributed by atoms with E-state index in [0.717, 1.165) is 5.56 Å². The van der Waals surface area contributed by atoms with Gasteiger partial charge >= 0.3 is 0 Å². The molecule has 1 aromatic heterocycles. The van der Waals surface area contributed by atoms with Crippen molar-refractivity contribution in [2.75, 3.05) is 6.61 Å². The second kappa shape index (κ2) is 4.04. The SMILES string of the molecule is OC[C@H]1OC(c2cccnc2)C[C@@H]1O. The Hall–Kier alpha value is -0.970. The molecule has 1 aromatic rings. The first-order chi connectivity index (χ1) is 6.81. The van der Waals surface area contributed by atoms with Crippen LogP contribution in [-0.4, -0.2) is 34.0 Å². The van der Waals surface area contributed by atoms with Crippen molar-refractivity contribution in [2.24, 2.45) is 0 Å². The van der Waals surface area contributed by atoms with Crippen LogP contribution in [0.1, 0.15) is 18.1 Å². The Morgan fingerprint density at radius 3 is 3.00 bits per heavy atom. The third kappa shape index (κ3) is 1.77. The van der Waals surface area contributed by atoms with E-state index < -0.39 is 12.2 Å². The highest BCUT2D eigenvalue weighted by molar-refractivity contribution is 5.14. The molecule has 1 aliphatic heterocycles. The molecule has 0 aliphatic carbocycles. The number of aliphatic hydroxyl groups excluding tert-OH is 2. The molecule has 2 rings (SSSR count). The molecule has 0 aromatic carbocycles. The van der Waals surface area contributed by atoms with E-state index in [1.807, 2.05) is 12.1 Å². The Bertz CT molecular complexity index is 291. The summed E-state index contributed by atoms with van der Waals surface area (Å²) in [5, 5.41) is 18.4. The van der Waals surface area contributed by atoms with Crippen LogP contribution in [-0.2, 0) is 4.74 Å². The molecule has 1 saturated heterocycles. The van der Waals surface area contributed by atoms with Crippen molar-refractivity contribution in [1.29, 1.82) is 0 Å². The van der Waals surface area contributed by atoms with E-state index in [0.29, 0.717) is 6.42 Å². The van der Waals surface area contributed by atoms with Crippen molar-refractivity contribution in [3.8, 4) is 0 Å². The molecule has 4 heteroatoms. The van der Waals surface area contributed by atoms with Crippen LogP contribution >= 0.6 is 0 Å². The maximum Gasteiger partial charge on any atom is 0.107 e. The van der Waals surface area contributed by atoms with Gasteiger partial charge in [-0.3, -0.25) is 4.98 Å². The van der Waals surface area contributed by atoms with Crippen LogP contribution in [0.4, 0.5) is 0 Å². The maximum atomic E-state index is 9.52.